The number of hydrogen-bond donors (Lipinski definition) is 8. The van der Waals surface area contributed by atoms with Gasteiger partial charge < -0.3 is 37.3 Å². The van der Waals surface area contributed by atoms with Crippen LogP contribution in [0.1, 0.15) is 25.7 Å². The van der Waals surface area contributed by atoms with Gasteiger partial charge in [-0.1, -0.05) is 0 Å². The van der Waals surface area contributed by atoms with Crippen molar-refractivity contribution in [1.82, 2.24) is 10.6 Å². The summed E-state index contributed by atoms with van der Waals surface area (Å²) < 4.78 is 0. The van der Waals surface area contributed by atoms with Gasteiger partial charge in [-0.15, -0.1) is 0 Å². The molecule has 1 unspecified atom stereocenters. The first-order chi connectivity index (χ1) is 10.3. The van der Waals surface area contributed by atoms with Crippen LogP contribution in [-0.2, 0) is 9.59 Å². The molecule has 0 bridgehead atoms. The predicted octanol–water partition coefficient (Wildman–Crippen LogP) is -2.99. The van der Waals surface area contributed by atoms with Crippen molar-refractivity contribution in [3.8, 4) is 0 Å². The number of nitrogens with one attached hydrogen (secondary N) is 3. The molecule has 1 rings (SSSR count). The molecule has 1 fully saturated rings. The fourth-order valence-electron chi connectivity index (χ4n) is 1.56. The number of rotatable bonds is 6. The van der Waals surface area contributed by atoms with Crippen molar-refractivity contribution in [2.24, 2.45) is 11.5 Å². The molecule has 0 aromatic rings. The molecule has 1 saturated heterocycles. The number of aliphatic carboxylic acids is 2. The number of guanidine groups is 1. The second kappa shape index (κ2) is 14.1. The number of nitrogens with two attached hydrogens (primary N) is 2. The summed E-state index contributed by atoms with van der Waals surface area (Å²) in [7, 11) is 1.00. The summed E-state index contributed by atoms with van der Waals surface area (Å²) in [5.41, 5.74) is 10.2. The molecule has 1 heterocycles. The Kier molecular flexibility index (Phi) is 14.4. The van der Waals surface area contributed by atoms with Gasteiger partial charge >= 0.3 is 11.9 Å². The topological polar surface area (TPSA) is 195 Å². The summed E-state index contributed by atoms with van der Waals surface area (Å²) in [6.07, 6.45) is 2.76. The molecule has 0 amide bonds. The van der Waals surface area contributed by atoms with E-state index in [1.807, 2.05) is 0 Å². The highest BCUT2D eigenvalue weighted by atomic mass is 16.4. The van der Waals surface area contributed by atoms with Gasteiger partial charge in [-0.05, 0) is 32.2 Å². The normalized spacial score (nSPS) is 17.1. The molecule has 11 heteroatoms. The van der Waals surface area contributed by atoms with Crippen LogP contribution < -0.4 is 22.1 Å². The lowest BCUT2D eigenvalue weighted by Crippen LogP contribution is -2.34. The number of carboxylic acid groups (broad SMARTS) is 2. The van der Waals surface area contributed by atoms with Crippen LogP contribution in [0.15, 0.2) is 0 Å². The third-order valence-electron chi connectivity index (χ3n) is 2.68. The number of carboxylic acids is 2. The molecule has 0 aromatic carbocycles. The average Bonchev–Trinajstić information content (AvgIpc) is 3.00. The molecule has 1 aliphatic rings. The van der Waals surface area contributed by atoms with E-state index >= 15 is 0 Å². The Hall–Kier alpha value is -1.85. The van der Waals surface area contributed by atoms with Crippen molar-refractivity contribution < 1.29 is 24.8 Å². The summed E-state index contributed by atoms with van der Waals surface area (Å²) in [5.74, 6) is -1.83. The van der Waals surface area contributed by atoms with E-state index in [1.165, 1.54) is 0 Å². The molecule has 22 heavy (non-hydrogen) atoms. The highest BCUT2D eigenvalue weighted by Crippen LogP contribution is 2.03. The Balaban J connectivity index is 0. The summed E-state index contributed by atoms with van der Waals surface area (Å²) in [4.78, 5) is 20.4. The van der Waals surface area contributed by atoms with E-state index in [0.29, 0.717) is 19.4 Å². The second-order valence-electron chi connectivity index (χ2n) is 4.41. The van der Waals surface area contributed by atoms with Gasteiger partial charge in [0.1, 0.15) is 12.1 Å². The lowest BCUT2D eigenvalue weighted by Gasteiger charge is -2.06. The van der Waals surface area contributed by atoms with E-state index in [-0.39, 0.29) is 12.0 Å². The van der Waals surface area contributed by atoms with Crippen molar-refractivity contribution in [3.05, 3.63) is 0 Å². The predicted molar refractivity (Wildman–Crippen MR) is 84.2 cm³/mol. The van der Waals surface area contributed by atoms with Gasteiger partial charge in [-0.25, -0.2) is 0 Å². The third kappa shape index (κ3) is 13.2. The van der Waals surface area contributed by atoms with Gasteiger partial charge in [0, 0.05) is 6.54 Å². The zero-order valence-corrected chi connectivity index (χ0v) is 12.7. The van der Waals surface area contributed by atoms with Crippen LogP contribution in [0.5, 0.6) is 0 Å². The van der Waals surface area contributed by atoms with Crippen LogP contribution in [0.2, 0.25) is 0 Å². The smallest absolute Gasteiger partial charge is 0.320 e. The zero-order valence-electron chi connectivity index (χ0n) is 12.7. The number of hydrogen-bond acceptors (Lipinski definition) is 6. The lowest BCUT2D eigenvalue weighted by molar-refractivity contribution is -0.139. The Morgan fingerprint density at radius 1 is 1.41 bits per heavy atom. The summed E-state index contributed by atoms with van der Waals surface area (Å²) in [5, 5.41) is 35.9. The van der Waals surface area contributed by atoms with E-state index < -0.39 is 18.0 Å². The SMILES string of the molecule is BO.N=C(N)NCCCC(N)C(=O)O.O=C(O)[C@@H]1CCCN1. The maximum absolute atomic E-state index is 10.2. The summed E-state index contributed by atoms with van der Waals surface area (Å²) >= 11 is 0. The van der Waals surface area contributed by atoms with Gasteiger partial charge in [0.2, 0.25) is 0 Å². The molecule has 0 aliphatic carbocycles. The van der Waals surface area contributed by atoms with Crippen LogP contribution in [0.3, 0.4) is 0 Å². The van der Waals surface area contributed by atoms with Gasteiger partial charge in [0.25, 0.3) is 8.05 Å². The second-order valence-corrected chi connectivity index (χ2v) is 4.41. The van der Waals surface area contributed by atoms with Crippen molar-refractivity contribution >= 4 is 25.9 Å². The minimum atomic E-state index is -1.00. The Morgan fingerprint density at radius 3 is 2.32 bits per heavy atom. The van der Waals surface area contributed by atoms with E-state index in [2.05, 4.69) is 10.6 Å². The highest BCUT2D eigenvalue weighted by Gasteiger charge is 2.20. The lowest BCUT2D eigenvalue weighted by atomic mass is 10.2. The van der Waals surface area contributed by atoms with E-state index in [9.17, 15) is 9.59 Å². The van der Waals surface area contributed by atoms with Crippen LogP contribution in [0.25, 0.3) is 0 Å². The largest absolute Gasteiger partial charge is 0.480 e. The summed E-state index contributed by atoms with van der Waals surface area (Å²) in [6, 6.07) is -1.09. The van der Waals surface area contributed by atoms with Crippen molar-refractivity contribution in [1.29, 1.82) is 5.41 Å². The minimum Gasteiger partial charge on any atom is -0.480 e. The Bertz CT molecular complexity index is 339. The standard InChI is InChI=1S/C6H14N4O2.C5H9NO2.BH3O/c7-4(5(11)12)2-1-3-10-6(8)9;7-5(8)4-2-1-3-6-4;1-2/h4H,1-3,7H2,(H,11,12)(H4,8,9,10);4,6H,1-3H2,(H,7,8);2H,1H2/t;4-;/m.0./s1. The monoisotopic (exact) mass is 319 g/mol. The molecular formula is C11H26BN5O5. The molecule has 0 saturated carbocycles. The average molecular weight is 319 g/mol. The first-order valence-electron chi connectivity index (χ1n) is 6.81. The maximum atomic E-state index is 10.2. The Labute approximate surface area is 130 Å². The summed E-state index contributed by atoms with van der Waals surface area (Å²) in [6.45, 7) is 1.34. The fourth-order valence-corrected chi connectivity index (χ4v) is 1.56. The molecule has 0 spiro atoms. The maximum Gasteiger partial charge on any atom is 0.320 e. The molecule has 0 aromatic heterocycles. The molecular weight excluding hydrogens is 293 g/mol. The van der Waals surface area contributed by atoms with Gasteiger partial charge in [-0.3, -0.25) is 15.0 Å². The quantitative estimate of drug-likeness (QED) is 0.109. The van der Waals surface area contributed by atoms with E-state index in [0.717, 1.165) is 27.4 Å². The third-order valence-corrected chi connectivity index (χ3v) is 2.68. The van der Waals surface area contributed by atoms with Crippen LogP contribution in [-0.4, -0.2) is 66.4 Å². The van der Waals surface area contributed by atoms with Gasteiger partial charge in [0.05, 0.1) is 0 Å². The molecule has 1 aliphatic heterocycles. The minimum absolute atomic E-state index is 0.112. The molecule has 128 valence electrons. The van der Waals surface area contributed by atoms with Gasteiger partial charge in [-0.2, -0.15) is 0 Å². The fraction of sp³-hybridized carbons (Fsp3) is 0.727. The van der Waals surface area contributed by atoms with Crippen molar-refractivity contribution in [2.75, 3.05) is 13.1 Å². The van der Waals surface area contributed by atoms with Crippen molar-refractivity contribution in [2.45, 2.75) is 37.8 Å². The van der Waals surface area contributed by atoms with Crippen LogP contribution in [0.4, 0.5) is 0 Å². The van der Waals surface area contributed by atoms with Crippen LogP contribution in [0, 0.1) is 5.41 Å². The highest BCUT2D eigenvalue weighted by molar-refractivity contribution is 5.95. The van der Waals surface area contributed by atoms with E-state index in [1.54, 1.807) is 0 Å². The first kappa shape index (κ1) is 22.4. The molecule has 0 radical (unpaired) electrons. The zero-order chi connectivity index (χ0) is 17.5. The molecule has 10 nitrogen and oxygen atoms in total. The van der Waals surface area contributed by atoms with E-state index in [4.69, 9.17) is 32.1 Å². The van der Waals surface area contributed by atoms with Crippen molar-refractivity contribution in [3.63, 3.8) is 0 Å². The van der Waals surface area contributed by atoms with Gasteiger partial charge in [0.15, 0.2) is 5.96 Å². The van der Waals surface area contributed by atoms with Crippen LogP contribution >= 0.6 is 0 Å². The molecule has 10 N–H and O–H groups in total. The number of carbonyl (C=O) groups is 2. The molecule has 2 atom stereocenters. The first-order valence-corrected chi connectivity index (χ1v) is 6.81. The Morgan fingerprint density at radius 2 is 2.00 bits per heavy atom.